The van der Waals surface area contributed by atoms with Crippen LogP contribution < -0.4 is 11.4 Å². The number of hydrogen-bond acceptors (Lipinski definition) is 6. The molecular formula is C10H14FN3O4. The zero-order valence-electron chi connectivity index (χ0n) is 9.71. The Balaban J connectivity index is 2.35. The summed E-state index contributed by atoms with van der Waals surface area (Å²) in [6.07, 6.45) is -0.903. The van der Waals surface area contributed by atoms with Gasteiger partial charge in [0.25, 0.3) is 0 Å². The van der Waals surface area contributed by atoms with Gasteiger partial charge in [-0.3, -0.25) is 4.57 Å². The van der Waals surface area contributed by atoms with E-state index in [9.17, 15) is 14.3 Å². The molecule has 0 aromatic carbocycles. The van der Waals surface area contributed by atoms with Gasteiger partial charge >= 0.3 is 5.69 Å². The Labute approximate surface area is 102 Å². The number of hydrogen-bond donors (Lipinski definition) is 3. The fraction of sp³-hybridized carbons (Fsp3) is 0.600. The minimum Gasteiger partial charge on any atom is -0.393 e. The van der Waals surface area contributed by atoms with Gasteiger partial charge in [0.2, 0.25) is 0 Å². The van der Waals surface area contributed by atoms with E-state index in [2.05, 4.69) is 4.98 Å². The van der Waals surface area contributed by atoms with Crippen LogP contribution in [0.15, 0.2) is 11.0 Å². The van der Waals surface area contributed by atoms with E-state index in [-0.39, 0.29) is 6.42 Å². The van der Waals surface area contributed by atoms with E-state index < -0.39 is 41.9 Å². The molecule has 1 aromatic rings. The second-order valence-electron chi connectivity index (χ2n) is 4.46. The highest BCUT2D eigenvalue weighted by Gasteiger charge is 2.45. The van der Waals surface area contributed by atoms with E-state index in [1.165, 1.54) is 6.92 Å². The maximum atomic E-state index is 13.3. The van der Waals surface area contributed by atoms with Crippen LogP contribution in [0.2, 0.25) is 0 Å². The number of nitrogen functional groups attached to an aromatic ring is 1. The second kappa shape index (κ2) is 4.30. The third-order valence-electron chi connectivity index (χ3n) is 3.09. The smallest absolute Gasteiger partial charge is 0.351 e. The van der Waals surface area contributed by atoms with E-state index in [1.54, 1.807) is 0 Å². The van der Waals surface area contributed by atoms with Crippen LogP contribution >= 0.6 is 0 Å². The highest BCUT2D eigenvalue weighted by atomic mass is 19.1. The van der Waals surface area contributed by atoms with Gasteiger partial charge in [-0.25, -0.2) is 9.18 Å². The first-order chi connectivity index (χ1) is 8.37. The molecule has 0 saturated carbocycles. The van der Waals surface area contributed by atoms with E-state index >= 15 is 0 Å². The van der Waals surface area contributed by atoms with Crippen LogP contribution in [0.1, 0.15) is 19.6 Å². The first-order valence-corrected chi connectivity index (χ1v) is 5.38. The average molecular weight is 259 g/mol. The first-order valence-electron chi connectivity index (χ1n) is 5.38. The van der Waals surface area contributed by atoms with Crippen LogP contribution in [0.4, 0.5) is 10.2 Å². The zero-order chi connectivity index (χ0) is 13.5. The fourth-order valence-electron chi connectivity index (χ4n) is 1.85. The molecule has 4 N–H and O–H groups in total. The molecule has 3 atom stereocenters. The van der Waals surface area contributed by atoms with Gasteiger partial charge in [-0.15, -0.1) is 0 Å². The van der Waals surface area contributed by atoms with Gasteiger partial charge in [0, 0.05) is 6.42 Å². The summed E-state index contributed by atoms with van der Waals surface area (Å²) in [6.45, 7) is 1.09. The SMILES string of the molecule is C[C@]1(CO)O[C@H](n2cc(F)c(N)nc2=O)C[C@@H]1O. The summed E-state index contributed by atoms with van der Waals surface area (Å²) < 4.78 is 19.6. The van der Waals surface area contributed by atoms with Crippen LogP contribution in [0.3, 0.4) is 0 Å². The second-order valence-corrected chi connectivity index (χ2v) is 4.46. The lowest BCUT2D eigenvalue weighted by Crippen LogP contribution is -2.39. The van der Waals surface area contributed by atoms with Crippen LogP contribution in [0.5, 0.6) is 0 Å². The van der Waals surface area contributed by atoms with Crippen molar-refractivity contribution in [1.29, 1.82) is 0 Å². The molecule has 0 bridgehead atoms. The lowest BCUT2D eigenvalue weighted by atomic mass is 10.0. The van der Waals surface area contributed by atoms with Crippen LogP contribution in [0.25, 0.3) is 0 Å². The van der Waals surface area contributed by atoms with Gasteiger partial charge < -0.3 is 20.7 Å². The molecule has 0 amide bonds. The Morgan fingerprint density at radius 1 is 1.78 bits per heavy atom. The van der Waals surface area contributed by atoms with Gasteiger partial charge in [-0.1, -0.05) is 0 Å². The maximum absolute atomic E-state index is 13.3. The summed E-state index contributed by atoms with van der Waals surface area (Å²) in [5.74, 6) is -1.33. The lowest BCUT2D eigenvalue weighted by Gasteiger charge is -2.24. The highest BCUT2D eigenvalue weighted by Crippen LogP contribution is 2.35. The summed E-state index contributed by atoms with van der Waals surface area (Å²) in [5.41, 5.74) is 3.22. The van der Waals surface area contributed by atoms with Crippen LogP contribution in [-0.4, -0.2) is 38.1 Å². The Kier molecular flexibility index (Phi) is 3.09. The maximum Gasteiger partial charge on any atom is 0.351 e. The van der Waals surface area contributed by atoms with Crippen LogP contribution in [-0.2, 0) is 4.74 Å². The average Bonchev–Trinajstić information content (AvgIpc) is 2.61. The highest BCUT2D eigenvalue weighted by molar-refractivity contribution is 5.26. The molecule has 0 unspecified atom stereocenters. The third kappa shape index (κ3) is 1.98. The van der Waals surface area contributed by atoms with Crippen molar-refractivity contribution in [3.63, 3.8) is 0 Å². The molecule has 1 aliphatic rings. The molecule has 100 valence electrons. The molecule has 1 aliphatic heterocycles. The predicted molar refractivity (Wildman–Crippen MR) is 59.1 cm³/mol. The van der Waals surface area contributed by atoms with Gasteiger partial charge in [-0.05, 0) is 6.92 Å². The standard InChI is InChI=1S/C10H14FN3O4/c1-10(4-15)6(16)2-7(18-10)14-3-5(11)8(12)13-9(14)17/h3,6-7,15-16H,2,4H2,1H3,(H2,12,13,17)/t6-,7-,10+/m0/s1. The number of aliphatic hydroxyl groups is 2. The molecule has 1 saturated heterocycles. The molecule has 0 aliphatic carbocycles. The molecule has 2 rings (SSSR count). The molecule has 0 spiro atoms. The minimum absolute atomic E-state index is 0.0575. The molecule has 7 nitrogen and oxygen atoms in total. The van der Waals surface area contributed by atoms with Gasteiger partial charge in [-0.2, -0.15) is 4.98 Å². The number of nitrogens with two attached hydrogens (primary N) is 1. The molecule has 1 fully saturated rings. The number of ether oxygens (including phenoxy) is 1. The van der Waals surface area contributed by atoms with Crippen molar-refractivity contribution in [3.8, 4) is 0 Å². The fourth-order valence-corrected chi connectivity index (χ4v) is 1.85. The number of aliphatic hydroxyl groups excluding tert-OH is 2. The normalized spacial score (nSPS) is 31.8. The lowest BCUT2D eigenvalue weighted by molar-refractivity contribution is -0.117. The van der Waals surface area contributed by atoms with Crippen molar-refractivity contribution >= 4 is 5.82 Å². The number of rotatable bonds is 2. The third-order valence-corrected chi connectivity index (χ3v) is 3.09. The van der Waals surface area contributed by atoms with Crippen molar-refractivity contribution in [1.82, 2.24) is 9.55 Å². The Morgan fingerprint density at radius 3 is 3.00 bits per heavy atom. The minimum atomic E-state index is -1.18. The van der Waals surface area contributed by atoms with E-state index in [0.29, 0.717) is 0 Å². The van der Waals surface area contributed by atoms with Crippen molar-refractivity contribution in [2.75, 3.05) is 12.3 Å². The first kappa shape index (κ1) is 12.9. The zero-order valence-corrected chi connectivity index (χ0v) is 9.71. The van der Waals surface area contributed by atoms with Gasteiger partial charge in [0.05, 0.1) is 18.9 Å². The Bertz CT molecular complexity index is 520. The summed E-state index contributed by atoms with van der Waals surface area (Å²) >= 11 is 0. The number of anilines is 1. The molecule has 8 heteroatoms. The number of aromatic nitrogens is 2. The largest absolute Gasteiger partial charge is 0.393 e. The molecule has 18 heavy (non-hydrogen) atoms. The van der Waals surface area contributed by atoms with Crippen molar-refractivity contribution in [2.24, 2.45) is 0 Å². The van der Waals surface area contributed by atoms with E-state index in [4.69, 9.17) is 15.6 Å². The summed E-state index contributed by atoms with van der Waals surface area (Å²) in [7, 11) is 0. The van der Waals surface area contributed by atoms with E-state index in [1.807, 2.05) is 0 Å². The summed E-state index contributed by atoms with van der Waals surface area (Å²) in [6, 6.07) is 0. The van der Waals surface area contributed by atoms with Gasteiger partial charge in [0.15, 0.2) is 11.6 Å². The quantitative estimate of drug-likeness (QED) is 0.628. The summed E-state index contributed by atoms with van der Waals surface area (Å²) in [4.78, 5) is 14.9. The molecule has 0 radical (unpaired) electrons. The molecule has 1 aromatic heterocycles. The monoisotopic (exact) mass is 259 g/mol. The Morgan fingerprint density at radius 2 is 2.44 bits per heavy atom. The number of halogens is 1. The number of nitrogens with zero attached hydrogens (tertiary/aromatic N) is 2. The van der Waals surface area contributed by atoms with Crippen molar-refractivity contribution < 1.29 is 19.3 Å². The topological polar surface area (TPSA) is 111 Å². The van der Waals surface area contributed by atoms with Gasteiger partial charge in [0.1, 0.15) is 11.8 Å². The summed E-state index contributed by atoms with van der Waals surface area (Å²) in [5, 5.41) is 18.9. The Hall–Kier alpha value is -1.51. The van der Waals surface area contributed by atoms with Crippen molar-refractivity contribution in [3.05, 3.63) is 22.5 Å². The van der Waals surface area contributed by atoms with Crippen LogP contribution in [0, 0.1) is 5.82 Å². The van der Waals surface area contributed by atoms with E-state index in [0.717, 1.165) is 10.8 Å². The predicted octanol–water partition coefficient (Wildman–Crippen LogP) is -1.00. The molecule has 2 heterocycles. The molecular weight excluding hydrogens is 245 g/mol. The van der Waals surface area contributed by atoms with Crippen molar-refractivity contribution in [2.45, 2.75) is 31.3 Å².